The number of likely N-dealkylation sites (tertiary alicyclic amines) is 2. The molecule has 2 saturated heterocycles. The second kappa shape index (κ2) is 11.0. The van der Waals surface area contributed by atoms with Gasteiger partial charge in [0.2, 0.25) is 5.91 Å². The fourth-order valence-corrected chi connectivity index (χ4v) is 9.31. The summed E-state index contributed by atoms with van der Waals surface area (Å²) >= 11 is 0. The number of fused-ring (bicyclic) bond motifs is 2. The second-order valence-electron chi connectivity index (χ2n) is 14.1. The minimum atomic E-state index is -4.38. The Morgan fingerprint density at radius 3 is 2.37 bits per heavy atom. The number of carbonyl (C=O) groups is 1. The molecule has 3 aliphatic carbocycles. The average Bonchev–Trinajstić information content (AvgIpc) is 3.66. The predicted molar refractivity (Wildman–Crippen MR) is 165 cm³/mol. The third-order valence-corrected chi connectivity index (χ3v) is 11.8. The summed E-state index contributed by atoms with van der Waals surface area (Å²) in [6, 6.07) is 11.9. The molecule has 3 unspecified atom stereocenters. The first kappa shape index (κ1) is 29.8. The molecule has 1 aromatic carbocycles. The molecule has 0 radical (unpaired) electrons. The zero-order chi connectivity index (χ0) is 31.7. The Hall–Kier alpha value is -3.57. The third kappa shape index (κ3) is 4.89. The Labute approximate surface area is 266 Å². The van der Waals surface area contributed by atoms with Gasteiger partial charge in [0.15, 0.2) is 5.82 Å². The Balaban J connectivity index is 0.872. The SMILES string of the molecule is O=C(N1CC[C@H]2[C@@H]1CCN2C1CCC(O)(c2ccc(-c3ncccn3)cn2)CC1)C12CCC1C(Nc1cccc(C(F)(F)F)c1)C2. The molecule has 8 nitrogen and oxygen atoms in total. The zero-order valence-corrected chi connectivity index (χ0v) is 25.7. The van der Waals surface area contributed by atoms with Gasteiger partial charge in [0.25, 0.3) is 0 Å². The highest BCUT2D eigenvalue weighted by molar-refractivity contribution is 5.86. The molecule has 3 aromatic rings. The maximum Gasteiger partial charge on any atom is 0.416 e. The molecule has 5 aliphatic rings. The van der Waals surface area contributed by atoms with E-state index in [9.17, 15) is 23.1 Å². The van der Waals surface area contributed by atoms with E-state index in [4.69, 9.17) is 0 Å². The number of hydrogen-bond donors (Lipinski definition) is 2. The lowest BCUT2D eigenvalue weighted by molar-refractivity contribution is -0.172. The van der Waals surface area contributed by atoms with Gasteiger partial charge in [0, 0.05) is 67.1 Å². The second-order valence-corrected chi connectivity index (χ2v) is 14.1. The molecule has 0 bridgehead atoms. The molecule has 8 rings (SSSR count). The Kier molecular flexibility index (Phi) is 7.13. The van der Waals surface area contributed by atoms with Crippen LogP contribution in [0.5, 0.6) is 0 Å². The summed E-state index contributed by atoms with van der Waals surface area (Å²) in [6.45, 7) is 1.73. The Morgan fingerprint density at radius 1 is 0.913 bits per heavy atom. The van der Waals surface area contributed by atoms with Crippen LogP contribution in [0.4, 0.5) is 18.9 Å². The molecular formula is C35H39F3N6O2. The summed E-state index contributed by atoms with van der Waals surface area (Å²) in [4.78, 5) is 32.0. The summed E-state index contributed by atoms with van der Waals surface area (Å²) in [5, 5.41) is 14.9. The molecule has 2 aliphatic heterocycles. The number of amides is 1. The number of nitrogens with one attached hydrogen (secondary N) is 1. The van der Waals surface area contributed by atoms with Gasteiger partial charge in [0.05, 0.1) is 16.7 Å². The topological polar surface area (TPSA) is 94.5 Å². The van der Waals surface area contributed by atoms with E-state index in [1.165, 1.54) is 12.1 Å². The van der Waals surface area contributed by atoms with Crippen molar-refractivity contribution in [2.75, 3.05) is 18.4 Å². The number of benzene rings is 1. The molecule has 0 spiro atoms. The number of halogens is 3. The van der Waals surface area contributed by atoms with E-state index in [1.54, 1.807) is 30.7 Å². The van der Waals surface area contributed by atoms with Crippen molar-refractivity contribution < 1.29 is 23.1 Å². The molecule has 5 fully saturated rings. The smallest absolute Gasteiger partial charge is 0.384 e. The first-order valence-electron chi connectivity index (χ1n) is 16.6. The van der Waals surface area contributed by atoms with Crippen LogP contribution in [0.3, 0.4) is 0 Å². The van der Waals surface area contributed by atoms with E-state index in [1.807, 2.05) is 12.1 Å². The largest absolute Gasteiger partial charge is 0.416 e. The summed E-state index contributed by atoms with van der Waals surface area (Å²) in [6.07, 6.45) is 8.22. The lowest BCUT2D eigenvalue weighted by Crippen LogP contribution is -2.68. The molecule has 2 N–H and O–H groups in total. The molecule has 3 saturated carbocycles. The van der Waals surface area contributed by atoms with Crippen LogP contribution >= 0.6 is 0 Å². The van der Waals surface area contributed by atoms with Crippen LogP contribution in [0.1, 0.15) is 69.0 Å². The summed E-state index contributed by atoms with van der Waals surface area (Å²) in [5.74, 6) is 1.04. The van der Waals surface area contributed by atoms with Crippen LogP contribution in [0.2, 0.25) is 0 Å². The molecule has 46 heavy (non-hydrogen) atoms. The molecule has 4 heterocycles. The van der Waals surface area contributed by atoms with Crippen molar-refractivity contribution in [2.24, 2.45) is 11.3 Å². The van der Waals surface area contributed by atoms with E-state index in [2.05, 4.69) is 30.1 Å². The standard InChI is InChI=1S/C35H39F3N6O2/c36-35(37,38)23-3-1-4-24(19-23)42-27-20-33(12-9-26(27)33)32(45)44-18-11-28-29(44)10-17-43(28)25-7-13-34(46,14-8-25)30-6-5-22(21-41-30)31-39-15-2-16-40-31/h1-6,15-16,19,21,25-29,42,46H,7-14,17-18,20H2/t25?,26?,27?,28-,29-,33?,34?/m0/s1. The average molecular weight is 633 g/mol. The highest BCUT2D eigenvalue weighted by Crippen LogP contribution is 2.63. The summed E-state index contributed by atoms with van der Waals surface area (Å²) < 4.78 is 39.6. The molecule has 5 atom stereocenters. The highest BCUT2D eigenvalue weighted by Gasteiger charge is 2.66. The first-order chi connectivity index (χ1) is 22.1. The highest BCUT2D eigenvalue weighted by atomic mass is 19.4. The minimum Gasteiger partial charge on any atom is -0.384 e. The normalized spacial score (nSPS) is 33.9. The van der Waals surface area contributed by atoms with Crippen molar-refractivity contribution in [1.82, 2.24) is 24.8 Å². The van der Waals surface area contributed by atoms with Crippen LogP contribution < -0.4 is 5.32 Å². The molecule has 242 valence electrons. The third-order valence-electron chi connectivity index (χ3n) is 11.8. The van der Waals surface area contributed by atoms with Crippen LogP contribution in [0.25, 0.3) is 11.4 Å². The maximum absolute atomic E-state index is 14.1. The number of nitrogens with zero attached hydrogens (tertiary/aromatic N) is 5. The zero-order valence-electron chi connectivity index (χ0n) is 25.7. The number of hydrogen-bond acceptors (Lipinski definition) is 7. The van der Waals surface area contributed by atoms with Crippen LogP contribution in [-0.4, -0.2) is 73.0 Å². The van der Waals surface area contributed by atoms with E-state index >= 15 is 0 Å². The number of anilines is 1. The minimum absolute atomic E-state index is 0.0259. The summed E-state index contributed by atoms with van der Waals surface area (Å²) in [5.41, 5.74) is 0.00634. The van der Waals surface area contributed by atoms with Crippen molar-refractivity contribution in [1.29, 1.82) is 0 Å². The number of alkyl halides is 3. The fourth-order valence-electron chi connectivity index (χ4n) is 9.31. The molecule has 1 amide bonds. The lowest BCUT2D eigenvalue weighted by atomic mass is 9.44. The van der Waals surface area contributed by atoms with Gasteiger partial charge in [-0.1, -0.05) is 6.07 Å². The van der Waals surface area contributed by atoms with Gasteiger partial charge in [-0.2, -0.15) is 13.2 Å². The number of aliphatic hydroxyl groups is 1. The molecule has 2 aromatic heterocycles. The van der Waals surface area contributed by atoms with Crippen molar-refractivity contribution in [2.45, 2.75) is 93.7 Å². The van der Waals surface area contributed by atoms with E-state index in [0.717, 1.165) is 63.2 Å². The van der Waals surface area contributed by atoms with Gasteiger partial charge in [0.1, 0.15) is 5.60 Å². The molecular weight excluding hydrogens is 593 g/mol. The monoisotopic (exact) mass is 632 g/mol. The van der Waals surface area contributed by atoms with Crippen molar-refractivity contribution in [3.05, 3.63) is 72.3 Å². The van der Waals surface area contributed by atoms with Crippen LogP contribution in [0, 0.1) is 11.3 Å². The van der Waals surface area contributed by atoms with Crippen LogP contribution in [0.15, 0.2) is 61.1 Å². The first-order valence-corrected chi connectivity index (χ1v) is 16.6. The van der Waals surface area contributed by atoms with E-state index in [0.29, 0.717) is 48.6 Å². The predicted octanol–water partition coefficient (Wildman–Crippen LogP) is 5.64. The van der Waals surface area contributed by atoms with Gasteiger partial charge < -0.3 is 15.3 Å². The molecule has 11 heteroatoms. The Bertz CT molecular complexity index is 1600. The van der Waals surface area contributed by atoms with Gasteiger partial charge >= 0.3 is 6.18 Å². The number of rotatable bonds is 6. The van der Waals surface area contributed by atoms with Gasteiger partial charge in [-0.05, 0) is 100 Å². The number of pyridine rings is 1. The van der Waals surface area contributed by atoms with Crippen molar-refractivity contribution in [3.63, 3.8) is 0 Å². The lowest BCUT2D eigenvalue weighted by Gasteiger charge is -2.63. The van der Waals surface area contributed by atoms with E-state index in [-0.39, 0.29) is 29.3 Å². The Morgan fingerprint density at radius 2 is 1.70 bits per heavy atom. The van der Waals surface area contributed by atoms with Crippen molar-refractivity contribution in [3.8, 4) is 11.4 Å². The van der Waals surface area contributed by atoms with Crippen molar-refractivity contribution >= 4 is 11.6 Å². The maximum atomic E-state index is 14.1. The van der Waals surface area contributed by atoms with E-state index < -0.39 is 17.3 Å². The summed E-state index contributed by atoms with van der Waals surface area (Å²) in [7, 11) is 0. The van der Waals surface area contributed by atoms with Gasteiger partial charge in [-0.15, -0.1) is 0 Å². The fraction of sp³-hybridized carbons (Fsp3) is 0.543. The number of carbonyl (C=O) groups excluding carboxylic acids is 1. The van der Waals surface area contributed by atoms with Gasteiger partial charge in [-0.25, -0.2) is 9.97 Å². The quantitative estimate of drug-likeness (QED) is 0.363. The number of aromatic nitrogens is 3. The van der Waals surface area contributed by atoms with Gasteiger partial charge in [-0.3, -0.25) is 14.7 Å². The van der Waals surface area contributed by atoms with Crippen LogP contribution in [-0.2, 0) is 16.6 Å².